The Balaban J connectivity index is 0.00000420. The van der Waals surface area contributed by atoms with Crippen molar-refractivity contribution in [3.8, 4) is 0 Å². The Morgan fingerprint density at radius 3 is 2.41 bits per heavy atom. The second kappa shape index (κ2) is 10.8. The van der Waals surface area contributed by atoms with E-state index in [0.717, 1.165) is 5.56 Å². The van der Waals surface area contributed by atoms with Gasteiger partial charge in [0.25, 0.3) is 0 Å². The highest BCUT2D eigenvalue weighted by Gasteiger charge is 2.50. The van der Waals surface area contributed by atoms with Crippen molar-refractivity contribution >= 4 is 40.0 Å². The van der Waals surface area contributed by atoms with Crippen LogP contribution in [-0.4, -0.2) is 49.9 Å². The third kappa shape index (κ3) is 6.95. The molecule has 2 rings (SSSR count). The lowest BCUT2D eigenvalue weighted by atomic mass is 10.1. The molecule has 0 spiro atoms. The maximum absolute atomic E-state index is 13.3. The van der Waals surface area contributed by atoms with E-state index in [9.17, 15) is 26.0 Å². The number of hydrogen-bond acceptors (Lipinski definition) is 3. The van der Waals surface area contributed by atoms with Crippen LogP contribution in [0.25, 0.3) is 0 Å². The van der Waals surface area contributed by atoms with Gasteiger partial charge in [-0.25, -0.2) is 17.8 Å². The van der Waals surface area contributed by atoms with Crippen LogP contribution in [0.2, 0.25) is 0 Å². The normalized spacial score (nSPS) is 17.0. The number of aliphatic imine (C=N–C) groups is 1. The highest BCUT2D eigenvalue weighted by atomic mass is 127. The molecule has 29 heavy (non-hydrogen) atoms. The quantitative estimate of drug-likeness (QED) is 0.255. The SMILES string of the molecule is CCNC(=NCc1ccc(F)c(C)c1)NC1CCN(S(=O)(=O)C(F)(F)F)CC1.I. The minimum Gasteiger partial charge on any atom is -0.357 e. The number of alkyl halides is 3. The number of piperidine rings is 1. The molecule has 1 aliphatic rings. The van der Waals surface area contributed by atoms with E-state index >= 15 is 0 Å². The smallest absolute Gasteiger partial charge is 0.357 e. The summed E-state index contributed by atoms with van der Waals surface area (Å²) in [5.74, 6) is 0.180. The topological polar surface area (TPSA) is 73.8 Å². The molecule has 12 heteroatoms. The van der Waals surface area contributed by atoms with Gasteiger partial charge in [-0.15, -0.1) is 24.0 Å². The lowest BCUT2D eigenvalue weighted by molar-refractivity contribution is -0.0494. The van der Waals surface area contributed by atoms with E-state index in [-0.39, 0.29) is 61.8 Å². The molecule has 166 valence electrons. The Bertz CT molecular complexity index is 810. The first kappa shape index (κ1) is 25.9. The van der Waals surface area contributed by atoms with E-state index in [2.05, 4.69) is 15.6 Å². The van der Waals surface area contributed by atoms with E-state index in [0.29, 0.717) is 28.9 Å². The molecule has 1 heterocycles. The number of halogens is 5. The first-order valence-electron chi connectivity index (χ1n) is 8.91. The van der Waals surface area contributed by atoms with Gasteiger partial charge in [-0.3, -0.25) is 0 Å². The van der Waals surface area contributed by atoms with Crippen LogP contribution in [0.5, 0.6) is 0 Å². The second-order valence-corrected chi connectivity index (χ2v) is 8.48. The van der Waals surface area contributed by atoms with Gasteiger partial charge in [-0.1, -0.05) is 12.1 Å². The average molecular weight is 552 g/mol. The van der Waals surface area contributed by atoms with Gasteiger partial charge in [0.15, 0.2) is 5.96 Å². The van der Waals surface area contributed by atoms with E-state index in [1.807, 2.05) is 6.92 Å². The third-order valence-corrected chi connectivity index (χ3v) is 6.04. The molecule has 0 aromatic heterocycles. The molecule has 1 aliphatic heterocycles. The number of rotatable bonds is 5. The summed E-state index contributed by atoms with van der Waals surface area (Å²) in [6, 6.07) is 4.50. The lowest BCUT2D eigenvalue weighted by Crippen LogP contribution is -2.51. The summed E-state index contributed by atoms with van der Waals surface area (Å²) in [5.41, 5.74) is -3.94. The Kier molecular flexibility index (Phi) is 9.60. The Hall–Kier alpha value is -1.15. The molecule has 1 fully saturated rings. The first-order valence-corrected chi connectivity index (χ1v) is 10.3. The van der Waals surface area contributed by atoms with Crippen LogP contribution >= 0.6 is 24.0 Å². The molecule has 1 aromatic rings. The number of nitrogens with zero attached hydrogens (tertiary/aromatic N) is 2. The van der Waals surface area contributed by atoms with Crippen LogP contribution in [-0.2, 0) is 16.6 Å². The lowest BCUT2D eigenvalue weighted by Gasteiger charge is -2.32. The minimum atomic E-state index is -5.29. The number of sulfonamides is 1. The number of nitrogens with one attached hydrogen (secondary N) is 2. The van der Waals surface area contributed by atoms with E-state index < -0.39 is 15.5 Å². The molecule has 1 saturated heterocycles. The van der Waals surface area contributed by atoms with Crippen LogP contribution in [0, 0.1) is 12.7 Å². The van der Waals surface area contributed by atoms with Crippen LogP contribution < -0.4 is 10.6 Å². The summed E-state index contributed by atoms with van der Waals surface area (Å²) in [4.78, 5) is 4.42. The zero-order valence-corrected chi connectivity index (χ0v) is 19.2. The van der Waals surface area contributed by atoms with Crippen molar-refractivity contribution in [2.45, 2.75) is 44.8 Å². The highest BCUT2D eigenvalue weighted by molar-refractivity contribution is 14.0. The van der Waals surface area contributed by atoms with Crippen LogP contribution in [0.15, 0.2) is 23.2 Å². The number of benzene rings is 1. The Morgan fingerprint density at radius 1 is 1.28 bits per heavy atom. The van der Waals surface area contributed by atoms with Crippen LogP contribution in [0.1, 0.15) is 30.9 Å². The third-order valence-electron chi connectivity index (χ3n) is 4.41. The maximum atomic E-state index is 13.3. The van der Waals surface area contributed by atoms with Gasteiger partial charge in [0.1, 0.15) is 5.82 Å². The van der Waals surface area contributed by atoms with Crippen LogP contribution in [0.3, 0.4) is 0 Å². The molecule has 0 aliphatic carbocycles. The van der Waals surface area contributed by atoms with Gasteiger partial charge in [0, 0.05) is 25.7 Å². The Labute approximate surface area is 185 Å². The molecular weight excluding hydrogens is 527 g/mol. The fourth-order valence-corrected chi connectivity index (χ4v) is 3.86. The molecule has 0 unspecified atom stereocenters. The van der Waals surface area contributed by atoms with Crippen LogP contribution in [0.4, 0.5) is 17.6 Å². The summed E-state index contributed by atoms with van der Waals surface area (Å²) in [6.45, 7) is 3.99. The first-order chi connectivity index (χ1) is 13.0. The summed E-state index contributed by atoms with van der Waals surface area (Å²) >= 11 is 0. The number of aryl methyl sites for hydroxylation is 1. The van der Waals surface area contributed by atoms with E-state index in [1.165, 1.54) is 6.07 Å². The monoisotopic (exact) mass is 552 g/mol. The summed E-state index contributed by atoms with van der Waals surface area (Å²) in [5, 5.41) is 6.17. The molecule has 6 nitrogen and oxygen atoms in total. The highest BCUT2D eigenvalue weighted by Crippen LogP contribution is 2.28. The zero-order chi connectivity index (χ0) is 20.9. The van der Waals surface area contributed by atoms with Gasteiger partial charge in [0.05, 0.1) is 6.54 Å². The fraction of sp³-hybridized carbons (Fsp3) is 0.588. The molecule has 2 N–H and O–H groups in total. The van der Waals surface area contributed by atoms with Gasteiger partial charge in [-0.2, -0.15) is 17.5 Å². The van der Waals surface area contributed by atoms with Crippen molar-refractivity contribution in [1.29, 1.82) is 0 Å². The van der Waals surface area contributed by atoms with Crippen molar-refractivity contribution in [3.63, 3.8) is 0 Å². The summed E-state index contributed by atoms with van der Waals surface area (Å²) in [6.07, 6.45) is 0.463. The van der Waals surface area contributed by atoms with E-state index in [1.54, 1.807) is 19.1 Å². The summed E-state index contributed by atoms with van der Waals surface area (Å²) < 4.78 is 74.7. The van der Waals surface area contributed by atoms with Gasteiger partial charge in [-0.05, 0) is 43.9 Å². The predicted octanol–water partition coefficient (Wildman–Crippen LogP) is 3.12. The minimum absolute atomic E-state index is 0. The van der Waals surface area contributed by atoms with Gasteiger partial charge < -0.3 is 10.6 Å². The molecule has 0 atom stereocenters. The molecule has 0 amide bonds. The van der Waals surface area contributed by atoms with Gasteiger partial charge in [0.2, 0.25) is 0 Å². The second-order valence-electron chi connectivity index (χ2n) is 6.55. The standard InChI is InChI=1S/C17H24F4N4O2S.HI/c1-3-22-16(23-11-13-4-5-15(18)12(2)10-13)24-14-6-8-25(9-7-14)28(26,27)17(19,20)21;/h4-5,10,14H,3,6-9,11H2,1-2H3,(H2,22,23,24);1H. The van der Waals surface area contributed by atoms with Crippen molar-refractivity contribution in [1.82, 2.24) is 14.9 Å². The van der Waals surface area contributed by atoms with Crippen molar-refractivity contribution < 1.29 is 26.0 Å². The molecular formula is C17H25F4IN4O2S. The number of guanidine groups is 1. The van der Waals surface area contributed by atoms with Gasteiger partial charge >= 0.3 is 15.5 Å². The van der Waals surface area contributed by atoms with Crippen molar-refractivity contribution in [3.05, 3.63) is 35.1 Å². The fourth-order valence-electron chi connectivity index (χ4n) is 2.88. The molecule has 0 saturated carbocycles. The zero-order valence-electron chi connectivity index (χ0n) is 16.1. The van der Waals surface area contributed by atoms with Crippen molar-refractivity contribution in [2.24, 2.45) is 4.99 Å². The maximum Gasteiger partial charge on any atom is 0.511 e. The molecule has 0 bridgehead atoms. The van der Waals surface area contributed by atoms with Crippen molar-refractivity contribution in [2.75, 3.05) is 19.6 Å². The molecule has 1 aromatic carbocycles. The van der Waals surface area contributed by atoms with E-state index in [4.69, 9.17) is 0 Å². The predicted molar refractivity (Wildman–Crippen MR) is 114 cm³/mol. The largest absolute Gasteiger partial charge is 0.511 e. The number of hydrogen-bond donors (Lipinski definition) is 2. The average Bonchev–Trinajstić information content (AvgIpc) is 2.62. The summed E-state index contributed by atoms with van der Waals surface area (Å²) in [7, 11) is -5.29. The Morgan fingerprint density at radius 2 is 1.90 bits per heavy atom. The molecule has 0 radical (unpaired) electrons.